The quantitative estimate of drug-likeness (QED) is 0.625. The van der Waals surface area contributed by atoms with Crippen molar-refractivity contribution in [1.29, 1.82) is 0 Å². The van der Waals surface area contributed by atoms with E-state index in [1.807, 2.05) is 12.1 Å². The summed E-state index contributed by atoms with van der Waals surface area (Å²) in [6.07, 6.45) is 4.70. The number of likely N-dealkylation sites (tertiary alicyclic amines) is 1. The van der Waals surface area contributed by atoms with Crippen LogP contribution >= 0.6 is 0 Å². The average Bonchev–Trinajstić information content (AvgIpc) is 3.17. The van der Waals surface area contributed by atoms with Crippen LogP contribution < -0.4 is 10.1 Å². The molecular formula is C28H29F2N3O4. The van der Waals surface area contributed by atoms with Crippen molar-refractivity contribution in [3.63, 3.8) is 0 Å². The van der Waals surface area contributed by atoms with E-state index in [9.17, 15) is 23.2 Å². The fourth-order valence-electron chi connectivity index (χ4n) is 6.19. The van der Waals surface area contributed by atoms with Crippen molar-refractivity contribution in [2.45, 2.75) is 69.2 Å². The number of hydrogen-bond donors (Lipinski definition) is 1. The highest BCUT2D eigenvalue weighted by Crippen LogP contribution is 2.37. The molecule has 7 nitrogen and oxygen atoms in total. The third-order valence-corrected chi connectivity index (χ3v) is 8.24. The molecule has 1 saturated carbocycles. The van der Waals surface area contributed by atoms with E-state index >= 15 is 0 Å². The fraction of sp³-hybridized carbons (Fsp3) is 0.464. The molecule has 9 heteroatoms. The van der Waals surface area contributed by atoms with Gasteiger partial charge in [0.2, 0.25) is 11.8 Å². The van der Waals surface area contributed by atoms with Gasteiger partial charge in [-0.15, -0.1) is 0 Å². The topological polar surface area (TPSA) is 79.0 Å². The van der Waals surface area contributed by atoms with Crippen LogP contribution in [0.2, 0.25) is 0 Å². The van der Waals surface area contributed by atoms with Crippen LogP contribution in [0.5, 0.6) is 5.75 Å². The van der Waals surface area contributed by atoms with Gasteiger partial charge in [0.1, 0.15) is 17.9 Å². The lowest BCUT2D eigenvalue weighted by Crippen LogP contribution is -2.57. The third-order valence-electron chi connectivity index (χ3n) is 8.24. The predicted octanol–water partition coefficient (Wildman–Crippen LogP) is 3.52. The van der Waals surface area contributed by atoms with Crippen molar-refractivity contribution in [2.24, 2.45) is 0 Å². The second-order valence-corrected chi connectivity index (χ2v) is 10.6. The van der Waals surface area contributed by atoms with Crippen molar-refractivity contribution < 1.29 is 27.9 Å². The Hall–Kier alpha value is -3.33. The van der Waals surface area contributed by atoms with Gasteiger partial charge in [0.05, 0.1) is 0 Å². The van der Waals surface area contributed by atoms with Crippen LogP contribution in [-0.4, -0.2) is 58.8 Å². The molecule has 3 heterocycles. The van der Waals surface area contributed by atoms with Crippen molar-refractivity contribution in [3.8, 4) is 5.75 Å². The minimum absolute atomic E-state index is 0.000969. The summed E-state index contributed by atoms with van der Waals surface area (Å²) in [6.45, 7) is 1.89. The molecule has 4 aliphatic rings. The molecule has 2 aromatic rings. The van der Waals surface area contributed by atoms with E-state index in [4.69, 9.17) is 4.74 Å². The molecule has 3 amide bonds. The fourth-order valence-corrected chi connectivity index (χ4v) is 6.19. The smallest absolute Gasteiger partial charge is 0.255 e. The van der Waals surface area contributed by atoms with Crippen LogP contribution in [0.15, 0.2) is 36.4 Å². The lowest BCUT2D eigenvalue weighted by Gasteiger charge is -2.48. The Morgan fingerprint density at radius 1 is 0.919 bits per heavy atom. The van der Waals surface area contributed by atoms with Crippen LogP contribution in [0.4, 0.5) is 8.78 Å². The molecule has 3 atom stereocenters. The molecular weight excluding hydrogens is 480 g/mol. The monoisotopic (exact) mass is 509 g/mol. The number of imide groups is 1. The van der Waals surface area contributed by atoms with Crippen molar-refractivity contribution in [3.05, 3.63) is 64.7 Å². The van der Waals surface area contributed by atoms with Gasteiger partial charge >= 0.3 is 0 Å². The molecule has 6 rings (SSSR count). The largest absolute Gasteiger partial charge is 0.489 e. The van der Waals surface area contributed by atoms with E-state index in [-0.39, 0.29) is 36.3 Å². The number of carbonyl (C=O) groups excluding carboxylic acids is 3. The molecule has 0 bridgehead atoms. The van der Waals surface area contributed by atoms with Gasteiger partial charge in [-0.2, -0.15) is 0 Å². The molecule has 0 radical (unpaired) electrons. The highest BCUT2D eigenvalue weighted by Gasteiger charge is 2.41. The summed E-state index contributed by atoms with van der Waals surface area (Å²) in [5.74, 6) is -1.67. The molecule has 3 aliphatic heterocycles. The van der Waals surface area contributed by atoms with Crippen molar-refractivity contribution in [1.82, 2.24) is 15.1 Å². The van der Waals surface area contributed by atoms with Gasteiger partial charge in [0, 0.05) is 43.6 Å². The summed E-state index contributed by atoms with van der Waals surface area (Å²) in [6, 6.07) is 9.24. The summed E-state index contributed by atoms with van der Waals surface area (Å²) < 4.78 is 33.5. The average molecular weight is 510 g/mol. The van der Waals surface area contributed by atoms with Gasteiger partial charge in [-0.3, -0.25) is 24.6 Å². The number of nitrogens with one attached hydrogen (secondary N) is 1. The first-order valence-corrected chi connectivity index (χ1v) is 13.0. The third kappa shape index (κ3) is 4.50. The Balaban J connectivity index is 1.11. The Bertz CT molecular complexity index is 1260. The lowest BCUT2D eigenvalue weighted by molar-refractivity contribution is -0.136. The van der Waals surface area contributed by atoms with Crippen LogP contribution in [0.3, 0.4) is 0 Å². The second-order valence-electron chi connectivity index (χ2n) is 10.6. The maximum Gasteiger partial charge on any atom is 0.255 e. The maximum absolute atomic E-state index is 13.7. The number of piperidine rings is 1. The summed E-state index contributed by atoms with van der Waals surface area (Å²) in [5, 5.41) is 2.33. The number of benzene rings is 2. The number of halogens is 2. The van der Waals surface area contributed by atoms with E-state index in [1.165, 1.54) is 17.0 Å². The van der Waals surface area contributed by atoms with Crippen LogP contribution in [0.25, 0.3) is 0 Å². The zero-order valence-electron chi connectivity index (χ0n) is 20.4. The molecule has 0 spiro atoms. The summed E-state index contributed by atoms with van der Waals surface area (Å²) in [7, 11) is 0. The first-order chi connectivity index (χ1) is 17.9. The number of carbonyl (C=O) groups is 3. The Labute approximate surface area is 213 Å². The van der Waals surface area contributed by atoms with E-state index in [1.54, 1.807) is 12.1 Å². The molecule has 0 aromatic heterocycles. The molecule has 194 valence electrons. The van der Waals surface area contributed by atoms with E-state index in [0.717, 1.165) is 49.9 Å². The molecule has 1 unspecified atom stereocenters. The summed E-state index contributed by atoms with van der Waals surface area (Å²) in [5.41, 5.74) is 2.21. The highest BCUT2D eigenvalue weighted by molar-refractivity contribution is 6.05. The number of fused-ring (bicyclic) bond motifs is 1. The van der Waals surface area contributed by atoms with Crippen molar-refractivity contribution >= 4 is 17.7 Å². The number of nitrogens with zero attached hydrogens (tertiary/aromatic N) is 2. The predicted molar refractivity (Wildman–Crippen MR) is 130 cm³/mol. The van der Waals surface area contributed by atoms with E-state index < -0.39 is 23.6 Å². The van der Waals surface area contributed by atoms with Gasteiger partial charge in [-0.1, -0.05) is 12.5 Å². The Morgan fingerprint density at radius 2 is 1.73 bits per heavy atom. The van der Waals surface area contributed by atoms with Gasteiger partial charge < -0.3 is 9.64 Å². The molecule has 1 N–H and O–H groups in total. The minimum Gasteiger partial charge on any atom is -0.489 e. The normalized spacial score (nSPS) is 26.6. The standard InChI is InChI=1S/C28H29F2N3O4/c29-21-8-5-16(12-22(21)30)18-13-32(14-18)23-3-1-2-4-25(23)37-19-6-7-20-17(11-19)15-33(28(20)36)24-9-10-26(34)31-27(24)35/h5-8,11-12,18,23-25H,1-4,9-10,13-15H2,(H,31,34,35)/t23-,24?,25-/m1/s1. The number of hydrogen-bond acceptors (Lipinski definition) is 5. The molecule has 1 aliphatic carbocycles. The molecule has 2 saturated heterocycles. The van der Waals surface area contributed by atoms with Gasteiger partial charge in [-0.05, 0) is 67.1 Å². The number of amides is 3. The highest BCUT2D eigenvalue weighted by atomic mass is 19.2. The lowest BCUT2D eigenvalue weighted by atomic mass is 9.84. The summed E-state index contributed by atoms with van der Waals surface area (Å²) >= 11 is 0. The molecule has 37 heavy (non-hydrogen) atoms. The van der Waals surface area contributed by atoms with Gasteiger partial charge in [-0.25, -0.2) is 8.78 Å². The first kappa shape index (κ1) is 24.0. The van der Waals surface area contributed by atoms with Gasteiger partial charge in [0.25, 0.3) is 5.91 Å². The zero-order chi connectivity index (χ0) is 25.7. The van der Waals surface area contributed by atoms with E-state index in [0.29, 0.717) is 24.3 Å². The number of rotatable bonds is 5. The SMILES string of the molecule is O=C1CCC(N2Cc3cc(O[C@@H]4CCCC[C@H]4N4CC(c5ccc(F)c(F)c5)C4)ccc3C2=O)C(=O)N1. The molecule has 2 aromatic carbocycles. The van der Waals surface area contributed by atoms with Crippen LogP contribution in [-0.2, 0) is 16.1 Å². The van der Waals surface area contributed by atoms with Crippen molar-refractivity contribution in [2.75, 3.05) is 13.1 Å². The van der Waals surface area contributed by atoms with Crippen LogP contribution in [0.1, 0.15) is 65.9 Å². The summed E-state index contributed by atoms with van der Waals surface area (Å²) in [4.78, 5) is 40.7. The van der Waals surface area contributed by atoms with Crippen LogP contribution in [0, 0.1) is 11.6 Å². The number of ether oxygens (including phenoxy) is 1. The molecule has 3 fully saturated rings. The first-order valence-electron chi connectivity index (χ1n) is 13.0. The minimum atomic E-state index is -0.822. The van der Waals surface area contributed by atoms with E-state index in [2.05, 4.69) is 10.2 Å². The van der Waals surface area contributed by atoms with Gasteiger partial charge in [0.15, 0.2) is 11.6 Å². The maximum atomic E-state index is 13.7. The Morgan fingerprint density at radius 3 is 2.51 bits per heavy atom. The zero-order valence-corrected chi connectivity index (χ0v) is 20.4. The second kappa shape index (κ2) is 9.52. The Kier molecular flexibility index (Phi) is 6.18.